The Bertz CT molecular complexity index is 433. The van der Waals surface area contributed by atoms with Gasteiger partial charge in [0.15, 0.2) is 0 Å². The Kier molecular flexibility index (Phi) is 4.94. The fourth-order valence-corrected chi connectivity index (χ4v) is 1.69. The van der Waals surface area contributed by atoms with Gasteiger partial charge < -0.3 is 15.2 Å². The number of rotatable bonds is 4. The maximum Gasteiger partial charge on any atom is 0.233 e. The van der Waals surface area contributed by atoms with E-state index in [1.54, 1.807) is 12.4 Å². The quantitative estimate of drug-likeness (QED) is 0.593. The molecule has 5 heteroatoms. The Labute approximate surface area is 107 Å². The number of aromatic nitrogens is 2. The van der Waals surface area contributed by atoms with Gasteiger partial charge in [-0.25, -0.2) is 4.98 Å². The molecule has 1 aromatic heterocycles. The molecule has 0 spiro atoms. The molecule has 5 nitrogen and oxygen atoms in total. The largest absolute Gasteiger partial charge is 0.472 e. The van der Waals surface area contributed by atoms with Crippen LogP contribution in [-0.2, 0) is 0 Å². The third-order valence-electron chi connectivity index (χ3n) is 2.59. The van der Waals surface area contributed by atoms with Crippen LogP contribution in [0.15, 0.2) is 12.4 Å². The van der Waals surface area contributed by atoms with E-state index in [9.17, 15) is 0 Å². The van der Waals surface area contributed by atoms with Gasteiger partial charge in [-0.15, -0.1) is 0 Å². The molecule has 1 aliphatic heterocycles. The van der Waals surface area contributed by atoms with Gasteiger partial charge in [0.1, 0.15) is 11.8 Å². The van der Waals surface area contributed by atoms with Crippen molar-refractivity contribution in [3.05, 3.63) is 18.1 Å². The molecule has 1 aliphatic rings. The van der Waals surface area contributed by atoms with E-state index < -0.39 is 0 Å². The fraction of sp³-hybridized carbons (Fsp3) is 0.538. The third kappa shape index (κ3) is 3.99. The number of nitrogens with zero attached hydrogens (tertiary/aromatic N) is 2. The summed E-state index contributed by atoms with van der Waals surface area (Å²) in [7, 11) is 0. The van der Waals surface area contributed by atoms with Gasteiger partial charge in [-0.3, -0.25) is 4.98 Å². The summed E-state index contributed by atoms with van der Waals surface area (Å²) < 4.78 is 5.70. The van der Waals surface area contributed by atoms with E-state index in [4.69, 9.17) is 9.84 Å². The number of aliphatic hydroxyl groups excluding tert-OH is 1. The SMILES string of the molecule is OCCCC#Cc1cncc(OC2CCNC2)n1. The maximum absolute atomic E-state index is 8.65. The molecule has 2 N–H and O–H groups in total. The highest BCUT2D eigenvalue weighted by Gasteiger charge is 2.16. The van der Waals surface area contributed by atoms with Crippen LogP contribution in [0.5, 0.6) is 5.88 Å². The summed E-state index contributed by atoms with van der Waals surface area (Å²) in [6.07, 6.45) is 5.74. The van der Waals surface area contributed by atoms with Gasteiger partial charge in [-0.1, -0.05) is 5.92 Å². The smallest absolute Gasteiger partial charge is 0.233 e. The molecule has 1 saturated heterocycles. The predicted octanol–water partition coefficient (Wildman–Crippen LogP) is 0.341. The highest BCUT2D eigenvalue weighted by Crippen LogP contribution is 2.10. The van der Waals surface area contributed by atoms with Crippen LogP contribution in [0.2, 0.25) is 0 Å². The average Bonchev–Trinajstić information content (AvgIpc) is 2.88. The molecule has 18 heavy (non-hydrogen) atoms. The highest BCUT2D eigenvalue weighted by molar-refractivity contribution is 5.26. The molecule has 0 saturated carbocycles. The van der Waals surface area contributed by atoms with Crippen molar-refractivity contribution >= 4 is 0 Å². The Morgan fingerprint density at radius 1 is 1.50 bits per heavy atom. The van der Waals surface area contributed by atoms with E-state index in [1.807, 2.05) is 0 Å². The number of unbranched alkanes of at least 4 members (excludes halogenated alkanes) is 1. The van der Waals surface area contributed by atoms with Crippen LogP contribution in [0.25, 0.3) is 0 Å². The molecule has 2 heterocycles. The summed E-state index contributed by atoms with van der Waals surface area (Å²) in [5.74, 6) is 6.38. The van der Waals surface area contributed by atoms with E-state index in [-0.39, 0.29) is 12.7 Å². The van der Waals surface area contributed by atoms with Crippen LogP contribution < -0.4 is 10.1 Å². The first kappa shape index (κ1) is 12.8. The van der Waals surface area contributed by atoms with Gasteiger partial charge in [0, 0.05) is 19.6 Å². The Hall–Kier alpha value is -1.64. The first-order valence-corrected chi connectivity index (χ1v) is 6.17. The van der Waals surface area contributed by atoms with E-state index in [0.717, 1.165) is 19.5 Å². The molecule has 0 bridgehead atoms. The van der Waals surface area contributed by atoms with Crippen molar-refractivity contribution in [1.29, 1.82) is 0 Å². The Morgan fingerprint density at radius 3 is 3.22 bits per heavy atom. The summed E-state index contributed by atoms with van der Waals surface area (Å²) in [5.41, 5.74) is 0.608. The zero-order valence-corrected chi connectivity index (χ0v) is 10.2. The fourth-order valence-electron chi connectivity index (χ4n) is 1.69. The number of nitrogens with one attached hydrogen (secondary N) is 1. The van der Waals surface area contributed by atoms with Gasteiger partial charge in [0.25, 0.3) is 0 Å². The number of aliphatic hydroxyl groups is 1. The second-order valence-corrected chi connectivity index (χ2v) is 4.10. The van der Waals surface area contributed by atoms with E-state index >= 15 is 0 Å². The predicted molar refractivity (Wildman–Crippen MR) is 67.1 cm³/mol. The van der Waals surface area contributed by atoms with Gasteiger partial charge in [-0.05, 0) is 25.3 Å². The summed E-state index contributed by atoms with van der Waals surface area (Å²) in [5, 5.41) is 11.9. The summed E-state index contributed by atoms with van der Waals surface area (Å²) >= 11 is 0. The van der Waals surface area contributed by atoms with Crippen molar-refractivity contribution in [3.8, 4) is 17.7 Å². The first-order valence-electron chi connectivity index (χ1n) is 6.17. The van der Waals surface area contributed by atoms with Crippen LogP contribution in [0, 0.1) is 11.8 Å². The minimum atomic E-state index is 0.165. The molecule has 1 fully saturated rings. The van der Waals surface area contributed by atoms with Crippen LogP contribution in [-0.4, -0.2) is 40.9 Å². The lowest BCUT2D eigenvalue weighted by molar-refractivity contribution is 0.213. The molecular weight excluding hydrogens is 230 g/mol. The molecule has 1 unspecified atom stereocenters. The molecule has 0 aliphatic carbocycles. The van der Waals surface area contributed by atoms with Crippen molar-refractivity contribution in [2.24, 2.45) is 0 Å². The second kappa shape index (κ2) is 6.94. The third-order valence-corrected chi connectivity index (χ3v) is 2.59. The van der Waals surface area contributed by atoms with Crippen LogP contribution in [0.1, 0.15) is 25.0 Å². The summed E-state index contributed by atoms with van der Waals surface area (Å²) in [6, 6.07) is 0. The molecular formula is C13H17N3O2. The van der Waals surface area contributed by atoms with Gasteiger partial charge in [0.2, 0.25) is 5.88 Å². The molecule has 1 aromatic rings. The lowest BCUT2D eigenvalue weighted by Gasteiger charge is -2.10. The average molecular weight is 247 g/mol. The Balaban J connectivity index is 1.93. The van der Waals surface area contributed by atoms with Gasteiger partial charge in [-0.2, -0.15) is 0 Å². The zero-order chi connectivity index (χ0) is 12.6. The van der Waals surface area contributed by atoms with Gasteiger partial charge in [0.05, 0.1) is 12.4 Å². The molecule has 1 atom stereocenters. The lowest BCUT2D eigenvalue weighted by Crippen LogP contribution is -2.20. The second-order valence-electron chi connectivity index (χ2n) is 4.10. The normalized spacial score (nSPS) is 18.2. The number of ether oxygens (including phenoxy) is 1. The standard InChI is InChI=1S/C13H17N3O2/c17-7-3-1-2-4-11-8-15-10-13(16-11)18-12-5-6-14-9-12/h8,10,12,14,17H,1,3,5-7,9H2. The zero-order valence-electron chi connectivity index (χ0n) is 10.2. The van der Waals surface area contributed by atoms with Crippen molar-refractivity contribution in [2.45, 2.75) is 25.4 Å². The monoisotopic (exact) mass is 247 g/mol. The highest BCUT2D eigenvalue weighted by atomic mass is 16.5. The minimum Gasteiger partial charge on any atom is -0.472 e. The van der Waals surface area contributed by atoms with Crippen LogP contribution in [0.4, 0.5) is 0 Å². The molecule has 0 aromatic carbocycles. The van der Waals surface area contributed by atoms with Crippen molar-refractivity contribution in [3.63, 3.8) is 0 Å². The number of hydrogen-bond acceptors (Lipinski definition) is 5. The molecule has 0 amide bonds. The molecule has 96 valence electrons. The number of hydrogen-bond donors (Lipinski definition) is 2. The van der Waals surface area contributed by atoms with E-state index in [1.165, 1.54) is 0 Å². The van der Waals surface area contributed by atoms with Crippen molar-refractivity contribution < 1.29 is 9.84 Å². The van der Waals surface area contributed by atoms with E-state index in [2.05, 4.69) is 27.1 Å². The summed E-state index contributed by atoms with van der Waals surface area (Å²) in [4.78, 5) is 8.35. The maximum atomic E-state index is 8.65. The van der Waals surface area contributed by atoms with Crippen LogP contribution in [0.3, 0.4) is 0 Å². The summed E-state index contributed by atoms with van der Waals surface area (Å²) in [6.45, 7) is 2.00. The van der Waals surface area contributed by atoms with Crippen LogP contribution >= 0.6 is 0 Å². The van der Waals surface area contributed by atoms with Gasteiger partial charge >= 0.3 is 0 Å². The molecule has 2 rings (SSSR count). The minimum absolute atomic E-state index is 0.165. The van der Waals surface area contributed by atoms with Crippen molar-refractivity contribution in [2.75, 3.05) is 19.7 Å². The van der Waals surface area contributed by atoms with Crippen molar-refractivity contribution in [1.82, 2.24) is 15.3 Å². The first-order chi connectivity index (χ1) is 8.88. The Morgan fingerprint density at radius 2 is 2.44 bits per heavy atom. The topological polar surface area (TPSA) is 67.3 Å². The van der Waals surface area contributed by atoms with E-state index in [0.29, 0.717) is 24.4 Å². The molecule has 0 radical (unpaired) electrons. The lowest BCUT2D eigenvalue weighted by atomic mass is 10.3.